The Hall–Kier alpha value is -0.0500. The smallest absolute Gasteiger partial charge is 0.238 e. The first-order chi connectivity index (χ1) is 6.41. The zero-order valence-electron chi connectivity index (χ0n) is 9.35. The molecule has 14 heavy (non-hydrogen) atoms. The lowest BCUT2D eigenvalue weighted by Gasteiger charge is -2.27. The Morgan fingerprint density at radius 3 is 2.57 bits per heavy atom. The van der Waals surface area contributed by atoms with Crippen molar-refractivity contribution in [2.75, 3.05) is 13.1 Å². The molecule has 1 rings (SSSR count). The largest absolute Gasteiger partial charge is 0.341 e. The Bertz CT molecular complexity index is 210. The van der Waals surface area contributed by atoms with Crippen molar-refractivity contribution in [2.45, 2.75) is 44.4 Å². The highest BCUT2D eigenvalue weighted by molar-refractivity contribution is 9.10. The van der Waals surface area contributed by atoms with Crippen molar-refractivity contribution >= 4 is 21.8 Å². The van der Waals surface area contributed by atoms with Crippen molar-refractivity contribution in [3.05, 3.63) is 0 Å². The number of hydrogen-bond acceptors (Lipinski definition) is 1. The zero-order chi connectivity index (χ0) is 10.8. The third-order valence-corrected chi connectivity index (χ3v) is 3.15. The summed E-state index contributed by atoms with van der Waals surface area (Å²) in [5, 5.41) is 0. The van der Waals surface area contributed by atoms with E-state index in [1.165, 1.54) is 6.42 Å². The van der Waals surface area contributed by atoms with Gasteiger partial charge in [-0.05, 0) is 39.0 Å². The summed E-state index contributed by atoms with van der Waals surface area (Å²) in [6.07, 6.45) is 3.55. The molecule has 1 saturated heterocycles. The van der Waals surface area contributed by atoms with E-state index in [1.807, 2.05) is 18.7 Å². The topological polar surface area (TPSA) is 20.3 Å². The van der Waals surface area contributed by atoms with Gasteiger partial charge in [-0.25, -0.2) is 0 Å². The van der Waals surface area contributed by atoms with Gasteiger partial charge in [0.2, 0.25) is 5.91 Å². The third-order valence-electron chi connectivity index (χ3n) is 2.81. The van der Waals surface area contributed by atoms with Gasteiger partial charge < -0.3 is 4.90 Å². The summed E-state index contributed by atoms with van der Waals surface area (Å²) in [6.45, 7) is 7.97. The van der Waals surface area contributed by atoms with Gasteiger partial charge in [0.15, 0.2) is 0 Å². The molecule has 1 aliphatic rings. The first-order valence-electron chi connectivity index (χ1n) is 5.39. The molecular formula is C11H20BrNO. The molecule has 1 fully saturated rings. The van der Waals surface area contributed by atoms with E-state index in [0.29, 0.717) is 0 Å². The van der Waals surface area contributed by atoms with Crippen molar-refractivity contribution < 1.29 is 4.79 Å². The average molecular weight is 262 g/mol. The first kappa shape index (κ1) is 12.0. The van der Waals surface area contributed by atoms with Crippen molar-refractivity contribution in [2.24, 2.45) is 5.92 Å². The van der Waals surface area contributed by atoms with Crippen LogP contribution in [0.25, 0.3) is 0 Å². The minimum absolute atomic E-state index is 0.228. The van der Waals surface area contributed by atoms with Gasteiger partial charge in [0, 0.05) is 13.1 Å². The van der Waals surface area contributed by atoms with E-state index in [2.05, 4.69) is 22.9 Å². The highest BCUT2D eigenvalue weighted by Gasteiger charge is 2.29. The molecule has 0 N–H and O–H groups in total. The fraction of sp³-hybridized carbons (Fsp3) is 0.909. The Morgan fingerprint density at radius 1 is 1.36 bits per heavy atom. The molecule has 0 radical (unpaired) electrons. The van der Waals surface area contributed by atoms with Crippen LogP contribution in [0.3, 0.4) is 0 Å². The summed E-state index contributed by atoms with van der Waals surface area (Å²) in [7, 11) is 0. The molecule has 1 unspecified atom stereocenters. The minimum Gasteiger partial charge on any atom is -0.341 e. The van der Waals surface area contributed by atoms with E-state index in [4.69, 9.17) is 0 Å². The number of alkyl halides is 1. The summed E-state index contributed by atoms with van der Waals surface area (Å²) in [6, 6.07) is 0. The molecule has 3 heteroatoms. The van der Waals surface area contributed by atoms with Gasteiger partial charge in [-0.3, -0.25) is 4.79 Å². The fourth-order valence-electron chi connectivity index (χ4n) is 1.84. The second-order valence-corrected chi connectivity index (χ2v) is 6.78. The number of carbonyl (C=O) groups is 1. The molecule has 0 spiro atoms. The molecule has 0 aliphatic carbocycles. The molecule has 0 aromatic heterocycles. The average Bonchev–Trinajstić information content (AvgIpc) is 2.27. The van der Waals surface area contributed by atoms with E-state index in [9.17, 15) is 4.79 Å². The second-order valence-electron chi connectivity index (χ2n) is 4.80. The van der Waals surface area contributed by atoms with E-state index in [0.717, 1.165) is 31.8 Å². The maximum absolute atomic E-state index is 12.0. The summed E-state index contributed by atoms with van der Waals surface area (Å²) >= 11 is 3.43. The normalized spacial score (nSPS) is 24.6. The van der Waals surface area contributed by atoms with Gasteiger partial charge in [-0.15, -0.1) is 0 Å². The van der Waals surface area contributed by atoms with E-state index in [-0.39, 0.29) is 5.91 Å². The van der Waals surface area contributed by atoms with Gasteiger partial charge in [-0.1, -0.05) is 22.9 Å². The number of likely N-dealkylation sites (tertiary alicyclic amines) is 1. The van der Waals surface area contributed by atoms with Gasteiger partial charge in [0.1, 0.15) is 0 Å². The number of rotatable bonds is 1. The molecule has 0 aromatic rings. The zero-order valence-corrected chi connectivity index (χ0v) is 10.9. The van der Waals surface area contributed by atoms with Crippen LogP contribution >= 0.6 is 15.9 Å². The lowest BCUT2D eigenvalue weighted by Crippen LogP contribution is -2.42. The van der Waals surface area contributed by atoms with Crippen LogP contribution in [0.1, 0.15) is 40.0 Å². The maximum Gasteiger partial charge on any atom is 0.238 e. The molecule has 0 aromatic carbocycles. The third kappa shape index (κ3) is 3.26. The standard InChI is InChI=1S/C11H20BrNO/c1-9-5-4-7-13(8-6-9)10(14)11(2,3)12/h9H,4-8H2,1-3H3. The van der Waals surface area contributed by atoms with Crippen LogP contribution in [0.15, 0.2) is 0 Å². The predicted octanol–water partition coefficient (Wildman–Crippen LogP) is 2.81. The molecule has 1 heterocycles. The Labute approximate surface area is 95.2 Å². The molecule has 82 valence electrons. The Kier molecular flexibility index (Phi) is 3.99. The van der Waals surface area contributed by atoms with E-state index >= 15 is 0 Å². The Morgan fingerprint density at radius 2 is 2.00 bits per heavy atom. The second kappa shape index (κ2) is 4.65. The SMILES string of the molecule is CC1CCCN(C(=O)C(C)(C)Br)CC1. The Balaban J connectivity index is 2.56. The van der Waals surface area contributed by atoms with Crippen LogP contribution in [0.5, 0.6) is 0 Å². The van der Waals surface area contributed by atoms with Crippen molar-refractivity contribution in [3.8, 4) is 0 Å². The van der Waals surface area contributed by atoms with Crippen molar-refractivity contribution in [1.29, 1.82) is 0 Å². The number of nitrogens with zero attached hydrogens (tertiary/aromatic N) is 1. The summed E-state index contributed by atoms with van der Waals surface area (Å²) in [5.41, 5.74) is 0. The van der Waals surface area contributed by atoms with Crippen LogP contribution < -0.4 is 0 Å². The first-order valence-corrected chi connectivity index (χ1v) is 6.19. The molecule has 0 bridgehead atoms. The van der Waals surface area contributed by atoms with Crippen molar-refractivity contribution in [1.82, 2.24) is 4.90 Å². The molecular weight excluding hydrogens is 242 g/mol. The molecule has 1 amide bonds. The van der Waals surface area contributed by atoms with Crippen molar-refractivity contribution in [3.63, 3.8) is 0 Å². The van der Waals surface area contributed by atoms with E-state index in [1.54, 1.807) is 0 Å². The number of amides is 1. The van der Waals surface area contributed by atoms with E-state index < -0.39 is 4.32 Å². The van der Waals surface area contributed by atoms with Gasteiger partial charge in [0.05, 0.1) is 4.32 Å². The highest BCUT2D eigenvalue weighted by Crippen LogP contribution is 2.23. The van der Waals surface area contributed by atoms with Crippen LogP contribution in [0, 0.1) is 5.92 Å². The lowest BCUT2D eigenvalue weighted by atomic mass is 10.0. The number of halogens is 1. The fourth-order valence-corrected chi connectivity index (χ4v) is 2.09. The molecule has 1 atom stereocenters. The maximum atomic E-state index is 12.0. The predicted molar refractivity (Wildman–Crippen MR) is 62.6 cm³/mol. The number of hydrogen-bond donors (Lipinski definition) is 0. The van der Waals surface area contributed by atoms with Gasteiger partial charge in [0.25, 0.3) is 0 Å². The lowest BCUT2D eigenvalue weighted by molar-refractivity contribution is -0.132. The van der Waals surface area contributed by atoms with Crippen LogP contribution in [-0.2, 0) is 4.79 Å². The van der Waals surface area contributed by atoms with Crippen LogP contribution in [0.4, 0.5) is 0 Å². The number of carbonyl (C=O) groups excluding carboxylic acids is 1. The summed E-state index contributed by atoms with van der Waals surface area (Å²) in [4.78, 5) is 14.0. The molecule has 0 saturated carbocycles. The van der Waals surface area contributed by atoms with Crippen LogP contribution in [-0.4, -0.2) is 28.2 Å². The molecule has 2 nitrogen and oxygen atoms in total. The van der Waals surface area contributed by atoms with Crippen LogP contribution in [0.2, 0.25) is 0 Å². The summed E-state index contributed by atoms with van der Waals surface area (Å²) in [5.74, 6) is 0.998. The monoisotopic (exact) mass is 261 g/mol. The molecule has 1 aliphatic heterocycles. The minimum atomic E-state index is -0.402. The highest BCUT2D eigenvalue weighted by atomic mass is 79.9. The quantitative estimate of drug-likeness (QED) is 0.665. The van der Waals surface area contributed by atoms with Gasteiger partial charge in [-0.2, -0.15) is 0 Å². The summed E-state index contributed by atoms with van der Waals surface area (Å²) < 4.78 is -0.402. The van der Waals surface area contributed by atoms with Gasteiger partial charge >= 0.3 is 0 Å².